The normalized spacial score (nSPS) is 11.6. The number of aromatic nitrogens is 1. The second kappa shape index (κ2) is 10.3. The Hall–Kier alpha value is -3.58. The van der Waals surface area contributed by atoms with Crippen LogP contribution in [0.4, 0.5) is 10.5 Å². The van der Waals surface area contributed by atoms with Crippen molar-refractivity contribution in [2.75, 3.05) is 33.1 Å². The highest BCUT2D eigenvalue weighted by molar-refractivity contribution is 5.90. The van der Waals surface area contributed by atoms with Crippen molar-refractivity contribution in [2.24, 2.45) is 0 Å². The largest absolute Gasteiger partial charge is 0.497 e. The van der Waals surface area contributed by atoms with Crippen LogP contribution in [0.3, 0.4) is 0 Å². The molecule has 1 atom stereocenters. The highest BCUT2D eigenvalue weighted by Gasteiger charge is 2.16. The molecule has 0 aliphatic carbocycles. The number of methoxy groups -OCH3 is 1. The van der Waals surface area contributed by atoms with E-state index in [0.717, 1.165) is 11.3 Å². The molecule has 3 rings (SSSR count). The van der Waals surface area contributed by atoms with Crippen LogP contribution in [0, 0.1) is 0 Å². The molecule has 1 unspecified atom stereocenters. The van der Waals surface area contributed by atoms with Crippen LogP contribution < -0.4 is 20.1 Å². The summed E-state index contributed by atoms with van der Waals surface area (Å²) < 4.78 is 11.0. The van der Waals surface area contributed by atoms with Crippen LogP contribution in [-0.4, -0.2) is 43.7 Å². The summed E-state index contributed by atoms with van der Waals surface area (Å²) in [5.74, 6) is 1.77. The smallest absolute Gasteiger partial charge is 0.319 e. The molecule has 3 aromatic rings. The Labute approximate surface area is 176 Å². The Morgan fingerprint density at radius 2 is 1.73 bits per heavy atom. The van der Waals surface area contributed by atoms with Crippen molar-refractivity contribution in [3.05, 3.63) is 78.5 Å². The maximum Gasteiger partial charge on any atom is 0.319 e. The Morgan fingerprint density at radius 3 is 2.40 bits per heavy atom. The van der Waals surface area contributed by atoms with Gasteiger partial charge in [0.05, 0.1) is 13.2 Å². The number of para-hydroxylation sites is 1. The van der Waals surface area contributed by atoms with E-state index in [1.54, 1.807) is 25.4 Å². The van der Waals surface area contributed by atoms with Gasteiger partial charge in [-0.05, 0) is 56.1 Å². The second-order valence-corrected chi connectivity index (χ2v) is 6.86. The molecule has 156 valence electrons. The minimum atomic E-state index is -0.332. The number of nitrogens with one attached hydrogen (secondary N) is 2. The van der Waals surface area contributed by atoms with Gasteiger partial charge in [0.15, 0.2) is 0 Å². The Bertz CT molecular complexity index is 946. The number of nitrogens with zero attached hydrogens (tertiary/aromatic N) is 2. The van der Waals surface area contributed by atoms with E-state index in [2.05, 4.69) is 20.5 Å². The van der Waals surface area contributed by atoms with Crippen molar-refractivity contribution in [3.63, 3.8) is 0 Å². The molecule has 7 heteroatoms. The lowest BCUT2D eigenvalue weighted by Gasteiger charge is -2.25. The Morgan fingerprint density at radius 1 is 1.00 bits per heavy atom. The monoisotopic (exact) mass is 406 g/mol. The zero-order valence-electron chi connectivity index (χ0n) is 17.3. The van der Waals surface area contributed by atoms with E-state index in [0.29, 0.717) is 23.9 Å². The summed E-state index contributed by atoms with van der Waals surface area (Å²) in [6.45, 7) is 0.431. The molecule has 0 spiro atoms. The molecule has 0 radical (unpaired) electrons. The van der Waals surface area contributed by atoms with Gasteiger partial charge in [-0.2, -0.15) is 0 Å². The quantitative estimate of drug-likeness (QED) is 0.583. The molecule has 0 fully saturated rings. The molecule has 0 aliphatic heterocycles. The molecular weight excluding hydrogens is 380 g/mol. The summed E-state index contributed by atoms with van der Waals surface area (Å²) in [6, 6.07) is 20.3. The first-order valence-electron chi connectivity index (χ1n) is 9.60. The summed E-state index contributed by atoms with van der Waals surface area (Å²) in [4.78, 5) is 18.8. The van der Waals surface area contributed by atoms with Gasteiger partial charge in [0.25, 0.3) is 0 Å². The second-order valence-electron chi connectivity index (χ2n) is 6.86. The predicted octanol–water partition coefficient (Wildman–Crippen LogP) is 4.31. The maximum atomic E-state index is 12.5. The van der Waals surface area contributed by atoms with Crippen LogP contribution in [-0.2, 0) is 0 Å². The number of ether oxygens (including phenoxy) is 2. The van der Waals surface area contributed by atoms with E-state index in [1.807, 2.05) is 68.7 Å². The fraction of sp³-hybridized carbons (Fsp3) is 0.217. The van der Waals surface area contributed by atoms with E-state index >= 15 is 0 Å². The fourth-order valence-corrected chi connectivity index (χ4v) is 2.95. The molecular formula is C23H26N4O3. The minimum absolute atomic E-state index is 0.00981. The molecule has 0 aliphatic rings. The van der Waals surface area contributed by atoms with Crippen molar-refractivity contribution in [1.82, 2.24) is 15.2 Å². The van der Waals surface area contributed by atoms with E-state index in [1.165, 1.54) is 0 Å². The first-order chi connectivity index (χ1) is 14.6. The van der Waals surface area contributed by atoms with Gasteiger partial charge in [0, 0.05) is 12.7 Å². The number of urea groups is 1. The molecule has 2 amide bonds. The van der Waals surface area contributed by atoms with Gasteiger partial charge < -0.3 is 25.0 Å². The van der Waals surface area contributed by atoms with Crippen molar-refractivity contribution in [3.8, 4) is 17.4 Å². The fourth-order valence-electron chi connectivity index (χ4n) is 2.95. The van der Waals surface area contributed by atoms with Gasteiger partial charge >= 0.3 is 6.03 Å². The van der Waals surface area contributed by atoms with Gasteiger partial charge in [0.1, 0.15) is 17.2 Å². The number of carbonyl (C=O) groups excluding carboxylic acids is 1. The standard InChI is InChI=1S/C23H26N4O3/c1-27(2)21(17-11-13-18(29-3)14-12-17)16-25-23(28)26-20-10-7-15-24-22(20)30-19-8-5-4-6-9-19/h4-15,21H,16H2,1-3H3,(H2,25,26,28). The molecule has 2 aromatic carbocycles. The number of anilines is 1. The van der Waals surface area contributed by atoms with Gasteiger partial charge in [-0.25, -0.2) is 9.78 Å². The highest BCUT2D eigenvalue weighted by Crippen LogP contribution is 2.26. The van der Waals surface area contributed by atoms with Crippen LogP contribution in [0.25, 0.3) is 0 Å². The molecule has 2 N–H and O–H groups in total. The third-order valence-electron chi connectivity index (χ3n) is 4.56. The van der Waals surface area contributed by atoms with Gasteiger partial charge in [-0.1, -0.05) is 30.3 Å². The van der Waals surface area contributed by atoms with E-state index < -0.39 is 0 Å². The first-order valence-corrected chi connectivity index (χ1v) is 9.60. The summed E-state index contributed by atoms with van der Waals surface area (Å²) in [6.07, 6.45) is 1.62. The number of hydrogen-bond donors (Lipinski definition) is 2. The van der Waals surface area contributed by atoms with Crippen molar-refractivity contribution < 1.29 is 14.3 Å². The highest BCUT2D eigenvalue weighted by atomic mass is 16.5. The van der Waals surface area contributed by atoms with E-state index in [-0.39, 0.29) is 12.1 Å². The van der Waals surface area contributed by atoms with Crippen LogP contribution in [0.1, 0.15) is 11.6 Å². The van der Waals surface area contributed by atoms with Gasteiger partial charge in [-0.3, -0.25) is 0 Å². The average Bonchev–Trinajstić information content (AvgIpc) is 2.76. The zero-order valence-corrected chi connectivity index (χ0v) is 17.3. The van der Waals surface area contributed by atoms with Crippen molar-refractivity contribution in [1.29, 1.82) is 0 Å². The van der Waals surface area contributed by atoms with Crippen LogP contribution in [0.15, 0.2) is 72.9 Å². The molecule has 1 aromatic heterocycles. The summed E-state index contributed by atoms with van der Waals surface area (Å²) in [5.41, 5.74) is 1.57. The number of carbonyl (C=O) groups is 1. The summed E-state index contributed by atoms with van der Waals surface area (Å²) in [5, 5.41) is 5.74. The first kappa shape index (κ1) is 21.1. The predicted molar refractivity (Wildman–Crippen MR) is 117 cm³/mol. The molecule has 30 heavy (non-hydrogen) atoms. The maximum absolute atomic E-state index is 12.5. The number of benzene rings is 2. The minimum Gasteiger partial charge on any atom is -0.497 e. The van der Waals surface area contributed by atoms with Crippen LogP contribution in [0.5, 0.6) is 17.4 Å². The SMILES string of the molecule is COc1ccc(C(CNC(=O)Nc2cccnc2Oc2ccccc2)N(C)C)cc1. The Balaban J connectivity index is 1.63. The summed E-state index contributed by atoms with van der Waals surface area (Å²) >= 11 is 0. The lowest BCUT2D eigenvalue weighted by Crippen LogP contribution is -2.37. The Kier molecular flexibility index (Phi) is 7.24. The summed E-state index contributed by atoms with van der Waals surface area (Å²) in [7, 11) is 5.58. The number of hydrogen-bond acceptors (Lipinski definition) is 5. The van der Waals surface area contributed by atoms with Crippen LogP contribution in [0.2, 0.25) is 0 Å². The van der Waals surface area contributed by atoms with Crippen LogP contribution >= 0.6 is 0 Å². The third-order valence-corrected chi connectivity index (χ3v) is 4.56. The number of rotatable bonds is 8. The van der Waals surface area contributed by atoms with Gasteiger partial charge in [0.2, 0.25) is 5.88 Å². The molecule has 0 saturated carbocycles. The lowest BCUT2D eigenvalue weighted by molar-refractivity contribution is 0.243. The topological polar surface area (TPSA) is 75.7 Å². The van der Waals surface area contributed by atoms with Crippen molar-refractivity contribution >= 4 is 11.7 Å². The number of likely N-dealkylation sites (N-methyl/N-ethyl adjacent to an activating group) is 1. The number of amides is 2. The zero-order chi connectivity index (χ0) is 21.3. The van der Waals surface area contributed by atoms with E-state index in [4.69, 9.17) is 9.47 Å². The molecule has 1 heterocycles. The number of pyridine rings is 1. The molecule has 7 nitrogen and oxygen atoms in total. The van der Waals surface area contributed by atoms with Gasteiger partial charge in [-0.15, -0.1) is 0 Å². The lowest BCUT2D eigenvalue weighted by atomic mass is 10.1. The molecule has 0 saturated heterocycles. The molecule has 0 bridgehead atoms. The van der Waals surface area contributed by atoms with E-state index in [9.17, 15) is 4.79 Å². The van der Waals surface area contributed by atoms with Crippen molar-refractivity contribution in [2.45, 2.75) is 6.04 Å². The average molecular weight is 406 g/mol. The third kappa shape index (κ3) is 5.71.